The molecule has 0 saturated heterocycles. The van der Waals surface area contributed by atoms with Crippen molar-refractivity contribution in [2.75, 3.05) is 32.1 Å². The van der Waals surface area contributed by atoms with Crippen LogP contribution in [-0.2, 0) is 6.42 Å². The fraction of sp³-hybridized carbons (Fsp3) is 0.750. The van der Waals surface area contributed by atoms with Crippen LogP contribution in [0.15, 0.2) is 6.20 Å². The topological polar surface area (TPSA) is 33.1 Å². The molecule has 1 aliphatic carbocycles. The molecule has 1 heterocycles. The molecule has 1 fully saturated rings. The van der Waals surface area contributed by atoms with Gasteiger partial charge in [-0.05, 0) is 26.3 Å². The molecule has 2 rings (SSSR count). The summed E-state index contributed by atoms with van der Waals surface area (Å²) in [6.07, 6.45) is 5.87. The molecule has 4 heteroatoms. The molecule has 1 aliphatic rings. The summed E-state index contributed by atoms with van der Waals surface area (Å²) in [6.45, 7) is 4.16. The molecule has 4 nitrogen and oxygen atoms in total. The van der Waals surface area contributed by atoms with Gasteiger partial charge in [-0.3, -0.25) is 0 Å². The van der Waals surface area contributed by atoms with E-state index in [4.69, 9.17) is 4.98 Å². The third-order valence-corrected chi connectivity index (χ3v) is 3.10. The normalized spacial score (nSPS) is 15.4. The summed E-state index contributed by atoms with van der Waals surface area (Å²) in [5, 5.41) is 3.17. The molecule has 0 atom stereocenters. The van der Waals surface area contributed by atoms with E-state index in [1.807, 2.05) is 7.05 Å². The molecule has 1 saturated carbocycles. The van der Waals surface area contributed by atoms with Crippen LogP contribution in [0.25, 0.3) is 0 Å². The highest BCUT2D eigenvalue weighted by Crippen LogP contribution is 2.38. The van der Waals surface area contributed by atoms with Gasteiger partial charge in [-0.1, -0.05) is 6.92 Å². The molecule has 1 aromatic rings. The number of aromatic nitrogens is 2. The van der Waals surface area contributed by atoms with Crippen LogP contribution in [0.2, 0.25) is 0 Å². The molecule has 0 spiro atoms. The van der Waals surface area contributed by atoms with Gasteiger partial charge in [0.15, 0.2) is 0 Å². The van der Waals surface area contributed by atoms with E-state index in [0.717, 1.165) is 25.5 Å². The number of likely N-dealkylation sites (N-methyl/N-ethyl adjacent to an activating group) is 2. The zero-order valence-corrected chi connectivity index (χ0v) is 10.5. The summed E-state index contributed by atoms with van der Waals surface area (Å²) in [5.41, 5.74) is 1.21. The van der Waals surface area contributed by atoms with Crippen molar-refractivity contribution in [1.29, 1.82) is 0 Å². The summed E-state index contributed by atoms with van der Waals surface area (Å²) in [5.74, 6) is 1.13. The fourth-order valence-electron chi connectivity index (χ4n) is 1.89. The van der Waals surface area contributed by atoms with Crippen LogP contribution in [-0.4, -0.2) is 36.7 Å². The largest absolute Gasteiger partial charge is 0.344 e. The SMILES string of the molecule is CCc1cn(C2CC2)c(N(C)CCNC)n1. The Balaban J connectivity index is 2.13. The zero-order chi connectivity index (χ0) is 11.5. The Hall–Kier alpha value is -1.03. The van der Waals surface area contributed by atoms with Crippen molar-refractivity contribution >= 4 is 5.95 Å². The molecular weight excluding hydrogens is 200 g/mol. The van der Waals surface area contributed by atoms with E-state index in [9.17, 15) is 0 Å². The molecular formula is C12H22N4. The Morgan fingerprint density at radius 3 is 2.88 bits per heavy atom. The highest BCUT2D eigenvalue weighted by molar-refractivity contribution is 5.34. The quantitative estimate of drug-likeness (QED) is 0.790. The molecule has 0 amide bonds. The molecule has 1 aromatic heterocycles. The van der Waals surface area contributed by atoms with E-state index in [0.29, 0.717) is 6.04 Å². The molecule has 0 unspecified atom stereocenters. The maximum absolute atomic E-state index is 4.70. The Morgan fingerprint density at radius 2 is 2.31 bits per heavy atom. The molecule has 0 aliphatic heterocycles. The Bertz CT molecular complexity index is 341. The van der Waals surface area contributed by atoms with Gasteiger partial charge >= 0.3 is 0 Å². The smallest absolute Gasteiger partial charge is 0.205 e. The predicted octanol–water partition coefficient (Wildman–Crippen LogP) is 1.44. The second kappa shape index (κ2) is 4.87. The van der Waals surface area contributed by atoms with Gasteiger partial charge in [0, 0.05) is 32.4 Å². The highest BCUT2D eigenvalue weighted by atomic mass is 15.3. The van der Waals surface area contributed by atoms with E-state index < -0.39 is 0 Å². The lowest BCUT2D eigenvalue weighted by atomic mass is 10.4. The first-order valence-corrected chi connectivity index (χ1v) is 6.19. The van der Waals surface area contributed by atoms with Gasteiger partial charge in [-0.15, -0.1) is 0 Å². The van der Waals surface area contributed by atoms with Crippen molar-refractivity contribution in [1.82, 2.24) is 14.9 Å². The third kappa shape index (κ3) is 2.38. The van der Waals surface area contributed by atoms with Crippen LogP contribution < -0.4 is 10.2 Å². The van der Waals surface area contributed by atoms with Crippen LogP contribution in [0.4, 0.5) is 5.95 Å². The van der Waals surface area contributed by atoms with E-state index in [1.165, 1.54) is 18.5 Å². The first-order valence-electron chi connectivity index (χ1n) is 6.19. The van der Waals surface area contributed by atoms with Crippen molar-refractivity contribution in [2.45, 2.75) is 32.2 Å². The second-order valence-electron chi connectivity index (χ2n) is 4.55. The van der Waals surface area contributed by atoms with Gasteiger partial charge in [0.1, 0.15) is 0 Å². The number of hydrogen-bond donors (Lipinski definition) is 1. The van der Waals surface area contributed by atoms with Gasteiger partial charge in [0.2, 0.25) is 5.95 Å². The number of rotatable bonds is 6. The maximum atomic E-state index is 4.70. The second-order valence-corrected chi connectivity index (χ2v) is 4.55. The van der Waals surface area contributed by atoms with Gasteiger partial charge in [-0.2, -0.15) is 0 Å². The van der Waals surface area contributed by atoms with E-state index in [2.05, 4.69) is 35.0 Å². The van der Waals surface area contributed by atoms with Crippen molar-refractivity contribution in [3.05, 3.63) is 11.9 Å². The average molecular weight is 222 g/mol. The molecule has 16 heavy (non-hydrogen) atoms. The van der Waals surface area contributed by atoms with Gasteiger partial charge in [0.05, 0.1) is 5.69 Å². The molecule has 0 bridgehead atoms. The number of nitrogens with zero attached hydrogens (tertiary/aromatic N) is 3. The maximum Gasteiger partial charge on any atom is 0.205 e. The monoisotopic (exact) mass is 222 g/mol. The first-order chi connectivity index (χ1) is 7.76. The van der Waals surface area contributed by atoms with Crippen molar-refractivity contribution in [3.63, 3.8) is 0 Å². The minimum absolute atomic E-state index is 0.708. The fourth-order valence-corrected chi connectivity index (χ4v) is 1.89. The molecule has 0 aromatic carbocycles. The lowest BCUT2D eigenvalue weighted by Gasteiger charge is -2.19. The highest BCUT2D eigenvalue weighted by Gasteiger charge is 2.27. The lowest BCUT2D eigenvalue weighted by molar-refractivity contribution is 0.691. The summed E-state index contributed by atoms with van der Waals surface area (Å²) < 4.78 is 2.36. The summed E-state index contributed by atoms with van der Waals surface area (Å²) >= 11 is 0. The van der Waals surface area contributed by atoms with E-state index >= 15 is 0 Å². The zero-order valence-electron chi connectivity index (χ0n) is 10.5. The minimum atomic E-state index is 0.708. The van der Waals surface area contributed by atoms with E-state index in [1.54, 1.807) is 0 Å². The summed E-state index contributed by atoms with van der Waals surface area (Å²) in [6, 6.07) is 0.708. The number of aryl methyl sites for hydroxylation is 1. The Morgan fingerprint density at radius 1 is 1.56 bits per heavy atom. The third-order valence-electron chi connectivity index (χ3n) is 3.10. The van der Waals surface area contributed by atoms with Crippen molar-refractivity contribution in [2.24, 2.45) is 0 Å². The summed E-state index contributed by atoms with van der Waals surface area (Å²) in [4.78, 5) is 6.95. The molecule has 0 radical (unpaired) electrons. The van der Waals surface area contributed by atoms with Gasteiger partial charge in [0.25, 0.3) is 0 Å². The van der Waals surface area contributed by atoms with Crippen LogP contribution in [0.3, 0.4) is 0 Å². The number of hydrogen-bond acceptors (Lipinski definition) is 3. The minimum Gasteiger partial charge on any atom is -0.344 e. The van der Waals surface area contributed by atoms with Gasteiger partial charge < -0.3 is 14.8 Å². The van der Waals surface area contributed by atoms with Crippen LogP contribution in [0, 0.1) is 0 Å². The standard InChI is InChI=1S/C12H22N4/c1-4-10-9-16(11-5-6-11)12(14-10)15(3)8-7-13-2/h9,11,13H,4-8H2,1-3H3. The first kappa shape index (κ1) is 11.5. The van der Waals surface area contributed by atoms with Crippen LogP contribution in [0.1, 0.15) is 31.5 Å². The van der Waals surface area contributed by atoms with E-state index in [-0.39, 0.29) is 0 Å². The van der Waals surface area contributed by atoms with Crippen LogP contribution in [0.5, 0.6) is 0 Å². The number of imidazole rings is 1. The molecule has 90 valence electrons. The molecule has 1 N–H and O–H groups in total. The van der Waals surface area contributed by atoms with Gasteiger partial charge in [-0.25, -0.2) is 4.98 Å². The number of anilines is 1. The Labute approximate surface area is 97.7 Å². The van der Waals surface area contributed by atoms with Crippen molar-refractivity contribution < 1.29 is 0 Å². The predicted molar refractivity (Wildman–Crippen MR) is 67.1 cm³/mol. The average Bonchev–Trinajstić information content (AvgIpc) is 3.05. The summed E-state index contributed by atoms with van der Waals surface area (Å²) in [7, 11) is 4.11. The lowest BCUT2D eigenvalue weighted by Crippen LogP contribution is -2.29. The Kier molecular flexibility index (Phi) is 3.49. The van der Waals surface area contributed by atoms with Crippen molar-refractivity contribution in [3.8, 4) is 0 Å². The van der Waals surface area contributed by atoms with Crippen LogP contribution >= 0.6 is 0 Å². The number of nitrogens with one attached hydrogen (secondary N) is 1.